The van der Waals surface area contributed by atoms with Gasteiger partial charge in [-0.25, -0.2) is 8.42 Å². The molecule has 4 rings (SSSR count). The summed E-state index contributed by atoms with van der Waals surface area (Å²) in [6.45, 7) is 3.82. The molecule has 0 saturated carbocycles. The van der Waals surface area contributed by atoms with E-state index in [-0.39, 0.29) is 5.91 Å². The van der Waals surface area contributed by atoms with Crippen LogP contribution in [-0.2, 0) is 21.4 Å². The van der Waals surface area contributed by atoms with Crippen LogP contribution in [-0.4, -0.2) is 48.1 Å². The van der Waals surface area contributed by atoms with Gasteiger partial charge in [-0.15, -0.1) is 11.3 Å². The fourth-order valence-corrected chi connectivity index (χ4v) is 7.28. The van der Waals surface area contributed by atoms with Crippen LogP contribution in [0.1, 0.15) is 30.4 Å². The van der Waals surface area contributed by atoms with Crippen LogP contribution in [0.15, 0.2) is 40.2 Å². The maximum Gasteiger partial charge on any atom is 0.252 e. The molecule has 2 aromatic heterocycles. The van der Waals surface area contributed by atoms with Crippen molar-refractivity contribution in [2.45, 2.75) is 36.9 Å². The van der Waals surface area contributed by atoms with E-state index < -0.39 is 15.4 Å². The SMILES string of the molecule is Cc1ccsc1S(=O)(=O)N1CCCC2(CCN(Cc3ccncc3)C2=O)C1. The molecule has 0 aliphatic carbocycles. The van der Waals surface area contributed by atoms with E-state index in [0.29, 0.717) is 36.8 Å². The largest absolute Gasteiger partial charge is 0.338 e. The number of rotatable bonds is 4. The molecular weight excluding hydrogens is 382 g/mol. The van der Waals surface area contributed by atoms with Crippen LogP contribution in [0.2, 0.25) is 0 Å². The molecule has 1 spiro atoms. The van der Waals surface area contributed by atoms with E-state index in [4.69, 9.17) is 0 Å². The molecule has 2 fully saturated rings. The smallest absolute Gasteiger partial charge is 0.252 e. The van der Waals surface area contributed by atoms with E-state index in [1.807, 2.05) is 30.0 Å². The Bertz CT molecular complexity index is 942. The Balaban J connectivity index is 1.54. The number of nitrogens with zero attached hydrogens (tertiary/aromatic N) is 3. The van der Waals surface area contributed by atoms with Gasteiger partial charge >= 0.3 is 0 Å². The summed E-state index contributed by atoms with van der Waals surface area (Å²) in [5, 5.41) is 1.80. The Kier molecular flexibility index (Phi) is 4.82. The topological polar surface area (TPSA) is 70.6 Å². The van der Waals surface area contributed by atoms with Gasteiger partial charge in [0.1, 0.15) is 4.21 Å². The van der Waals surface area contributed by atoms with Gasteiger partial charge in [0.25, 0.3) is 10.0 Å². The molecule has 2 aliphatic heterocycles. The molecule has 2 aliphatic rings. The third-order valence-electron chi connectivity index (χ3n) is 5.66. The lowest BCUT2D eigenvalue weighted by Gasteiger charge is -2.38. The van der Waals surface area contributed by atoms with E-state index >= 15 is 0 Å². The van der Waals surface area contributed by atoms with Crippen LogP contribution in [0, 0.1) is 12.3 Å². The first-order chi connectivity index (χ1) is 12.9. The van der Waals surface area contributed by atoms with Crippen LogP contribution >= 0.6 is 11.3 Å². The zero-order valence-electron chi connectivity index (χ0n) is 15.3. The Morgan fingerprint density at radius 3 is 2.67 bits per heavy atom. The van der Waals surface area contributed by atoms with Gasteiger partial charge in [-0.05, 0) is 60.9 Å². The van der Waals surface area contributed by atoms with Crippen molar-refractivity contribution in [2.75, 3.05) is 19.6 Å². The number of carbonyl (C=O) groups excluding carboxylic acids is 1. The summed E-state index contributed by atoms with van der Waals surface area (Å²) in [6.07, 6.45) is 5.65. The van der Waals surface area contributed by atoms with Gasteiger partial charge in [0.15, 0.2) is 0 Å². The second-order valence-electron chi connectivity index (χ2n) is 7.45. The molecule has 4 heterocycles. The first-order valence-corrected chi connectivity index (χ1v) is 11.5. The first-order valence-electron chi connectivity index (χ1n) is 9.15. The summed E-state index contributed by atoms with van der Waals surface area (Å²) in [5.41, 5.74) is 1.24. The van der Waals surface area contributed by atoms with Crippen molar-refractivity contribution in [3.8, 4) is 0 Å². The lowest BCUT2D eigenvalue weighted by molar-refractivity contribution is -0.138. The Labute approximate surface area is 163 Å². The van der Waals surface area contributed by atoms with E-state index in [2.05, 4.69) is 4.98 Å². The highest BCUT2D eigenvalue weighted by Crippen LogP contribution is 2.42. The van der Waals surface area contributed by atoms with Gasteiger partial charge in [0, 0.05) is 38.6 Å². The molecule has 144 valence electrons. The summed E-state index contributed by atoms with van der Waals surface area (Å²) >= 11 is 1.25. The van der Waals surface area contributed by atoms with Crippen LogP contribution < -0.4 is 0 Å². The van der Waals surface area contributed by atoms with Gasteiger partial charge in [0.2, 0.25) is 5.91 Å². The number of pyridine rings is 1. The average Bonchev–Trinajstić information content (AvgIpc) is 3.23. The van der Waals surface area contributed by atoms with Gasteiger partial charge in [-0.2, -0.15) is 4.31 Å². The summed E-state index contributed by atoms with van der Waals surface area (Å²) in [4.78, 5) is 19.1. The predicted molar refractivity (Wildman–Crippen MR) is 104 cm³/mol. The minimum atomic E-state index is -3.54. The highest BCUT2D eigenvalue weighted by Gasteiger charge is 2.50. The van der Waals surface area contributed by atoms with Crippen molar-refractivity contribution in [1.29, 1.82) is 0 Å². The molecule has 1 unspecified atom stereocenters. The third-order valence-corrected chi connectivity index (χ3v) is 9.17. The Morgan fingerprint density at radius 2 is 1.96 bits per heavy atom. The van der Waals surface area contributed by atoms with Gasteiger partial charge < -0.3 is 4.90 Å². The highest BCUT2D eigenvalue weighted by atomic mass is 32.2. The molecule has 0 radical (unpaired) electrons. The van der Waals surface area contributed by atoms with Gasteiger partial charge in [-0.3, -0.25) is 9.78 Å². The Morgan fingerprint density at radius 1 is 1.19 bits per heavy atom. The second-order valence-corrected chi connectivity index (χ2v) is 10.5. The number of carbonyl (C=O) groups is 1. The zero-order valence-corrected chi connectivity index (χ0v) is 16.9. The van der Waals surface area contributed by atoms with Gasteiger partial charge in [0.05, 0.1) is 5.41 Å². The molecule has 2 saturated heterocycles. The van der Waals surface area contributed by atoms with Crippen LogP contribution in [0.25, 0.3) is 0 Å². The fourth-order valence-electron chi connectivity index (χ4n) is 4.17. The maximum atomic E-state index is 13.2. The molecule has 27 heavy (non-hydrogen) atoms. The Hall–Kier alpha value is -1.77. The molecule has 6 nitrogen and oxygen atoms in total. The summed E-state index contributed by atoms with van der Waals surface area (Å²) in [5.74, 6) is 0.0853. The zero-order chi connectivity index (χ0) is 19.1. The van der Waals surface area contributed by atoms with Crippen LogP contribution in [0.5, 0.6) is 0 Å². The minimum absolute atomic E-state index is 0.0853. The molecule has 1 atom stereocenters. The van der Waals surface area contributed by atoms with Crippen molar-refractivity contribution in [3.05, 3.63) is 47.1 Å². The number of thiophene rings is 1. The third kappa shape index (κ3) is 3.30. The minimum Gasteiger partial charge on any atom is -0.338 e. The predicted octanol–water partition coefficient (Wildman–Crippen LogP) is 2.65. The highest BCUT2D eigenvalue weighted by molar-refractivity contribution is 7.91. The number of hydrogen-bond donors (Lipinski definition) is 0. The number of sulfonamides is 1. The molecule has 8 heteroatoms. The van der Waals surface area contributed by atoms with Crippen molar-refractivity contribution in [3.63, 3.8) is 0 Å². The molecular formula is C19H23N3O3S2. The number of hydrogen-bond acceptors (Lipinski definition) is 5. The van der Waals surface area contributed by atoms with Crippen molar-refractivity contribution in [2.24, 2.45) is 5.41 Å². The first kappa shape index (κ1) is 18.6. The lowest BCUT2D eigenvalue weighted by Crippen LogP contribution is -2.49. The normalized spacial score (nSPS) is 24.0. The van der Waals surface area contributed by atoms with Crippen molar-refractivity contribution >= 4 is 27.3 Å². The summed E-state index contributed by atoms with van der Waals surface area (Å²) in [7, 11) is -3.54. The number of amides is 1. The molecule has 2 aromatic rings. The monoisotopic (exact) mass is 405 g/mol. The summed E-state index contributed by atoms with van der Waals surface area (Å²) < 4.78 is 28.1. The van der Waals surface area contributed by atoms with Crippen LogP contribution in [0.4, 0.5) is 0 Å². The van der Waals surface area contributed by atoms with Crippen molar-refractivity contribution in [1.82, 2.24) is 14.2 Å². The average molecular weight is 406 g/mol. The standard InChI is InChI=1S/C19H23N3O3S2/c1-15-5-12-26-17(15)27(24,25)22-10-2-6-19(14-22)7-11-21(18(19)23)13-16-3-8-20-9-4-16/h3-5,8-9,12H,2,6-7,10-11,13-14H2,1H3. The summed E-state index contributed by atoms with van der Waals surface area (Å²) in [6, 6.07) is 5.65. The van der Waals surface area contributed by atoms with E-state index in [1.165, 1.54) is 15.6 Å². The van der Waals surface area contributed by atoms with Crippen molar-refractivity contribution < 1.29 is 13.2 Å². The second kappa shape index (κ2) is 7.00. The molecule has 0 N–H and O–H groups in total. The van der Waals surface area contributed by atoms with Crippen LogP contribution in [0.3, 0.4) is 0 Å². The number of aromatic nitrogens is 1. The van der Waals surface area contributed by atoms with E-state index in [1.54, 1.807) is 17.8 Å². The lowest BCUT2D eigenvalue weighted by atomic mass is 9.79. The van der Waals surface area contributed by atoms with E-state index in [0.717, 1.165) is 24.0 Å². The molecule has 0 bridgehead atoms. The van der Waals surface area contributed by atoms with Gasteiger partial charge in [-0.1, -0.05) is 0 Å². The molecule has 1 amide bonds. The quantitative estimate of drug-likeness (QED) is 0.784. The van der Waals surface area contributed by atoms with E-state index in [9.17, 15) is 13.2 Å². The number of aryl methyl sites for hydroxylation is 1. The number of likely N-dealkylation sites (tertiary alicyclic amines) is 1. The molecule has 0 aromatic carbocycles. The number of piperidine rings is 1. The fraction of sp³-hybridized carbons (Fsp3) is 0.474. The maximum absolute atomic E-state index is 13.2.